The van der Waals surface area contributed by atoms with Gasteiger partial charge >= 0.3 is 0 Å². The molecule has 0 bridgehead atoms. The third-order valence-electron chi connectivity index (χ3n) is 4.36. The van der Waals surface area contributed by atoms with Gasteiger partial charge in [-0.3, -0.25) is 4.79 Å². The molecule has 1 saturated carbocycles. The van der Waals surface area contributed by atoms with E-state index in [0.29, 0.717) is 12.2 Å². The fourth-order valence-electron chi connectivity index (χ4n) is 3.07. The Morgan fingerprint density at radius 1 is 1.46 bits per heavy atom. The van der Waals surface area contributed by atoms with Gasteiger partial charge in [-0.1, -0.05) is 11.6 Å². The summed E-state index contributed by atoms with van der Waals surface area (Å²) in [6.07, 6.45) is 4.35. The highest BCUT2D eigenvalue weighted by Gasteiger charge is 2.26. The van der Waals surface area contributed by atoms with Crippen LogP contribution in [0.2, 0.25) is 5.15 Å². The SMILES string of the molecule is Cc1ocnc1C(=O)N[C@H]1CCC[C@@H](Nc2nc(Cl)c(C#N)cc2F)C1. The van der Waals surface area contributed by atoms with Crippen LogP contribution < -0.4 is 10.6 Å². The number of pyridine rings is 1. The Morgan fingerprint density at radius 3 is 2.92 bits per heavy atom. The molecule has 0 aliphatic heterocycles. The molecule has 2 N–H and O–H groups in total. The number of nitriles is 1. The summed E-state index contributed by atoms with van der Waals surface area (Å²) in [5.74, 6) is -0.437. The standard InChI is InChI=1S/C17H17ClFN5O2/c1-9-14(21-8-26-9)17(25)23-12-4-2-3-11(6-12)22-16-13(19)5-10(7-20)15(18)24-16/h5,8,11-12H,2-4,6H2,1H3,(H,22,24)(H,23,25)/t11-,12+/m1/s1. The van der Waals surface area contributed by atoms with Crippen molar-refractivity contribution in [3.63, 3.8) is 0 Å². The van der Waals surface area contributed by atoms with E-state index in [2.05, 4.69) is 20.6 Å². The van der Waals surface area contributed by atoms with Crippen LogP contribution in [0.4, 0.5) is 10.2 Å². The van der Waals surface area contributed by atoms with Gasteiger partial charge in [-0.15, -0.1) is 0 Å². The minimum Gasteiger partial charge on any atom is -0.448 e. The van der Waals surface area contributed by atoms with Gasteiger partial charge in [0.1, 0.15) is 17.0 Å². The van der Waals surface area contributed by atoms with E-state index < -0.39 is 5.82 Å². The second-order valence-electron chi connectivity index (χ2n) is 6.20. The number of carbonyl (C=O) groups is 1. The normalized spacial score (nSPS) is 19.6. The molecule has 2 atom stereocenters. The third kappa shape index (κ3) is 3.94. The number of carbonyl (C=O) groups excluding carboxylic acids is 1. The number of aryl methyl sites for hydroxylation is 1. The summed E-state index contributed by atoms with van der Waals surface area (Å²) >= 11 is 5.88. The lowest BCUT2D eigenvalue weighted by Gasteiger charge is -2.30. The molecule has 0 unspecified atom stereocenters. The van der Waals surface area contributed by atoms with E-state index in [-0.39, 0.29) is 40.2 Å². The number of nitrogens with zero attached hydrogens (tertiary/aromatic N) is 3. The zero-order valence-electron chi connectivity index (χ0n) is 14.1. The lowest BCUT2D eigenvalue weighted by Crippen LogP contribution is -2.42. The van der Waals surface area contributed by atoms with Crippen LogP contribution in [0.25, 0.3) is 0 Å². The molecular formula is C17H17ClFN5O2. The molecule has 0 spiro atoms. The molecular weight excluding hydrogens is 361 g/mol. The average Bonchev–Trinajstić information content (AvgIpc) is 3.04. The van der Waals surface area contributed by atoms with Crippen LogP contribution >= 0.6 is 11.6 Å². The van der Waals surface area contributed by atoms with Crippen molar-refractivity contribution in [2.45, 2.75) is 44.7 Å². The Hall–Kier alpha value is -2.66. The second kappa shape index (κ2) is 7.70. The van der Waals surface area contributed by atoms with Crippen LogP contribution in [-0.4, -0.2) is 28.0 Å². The molecule has 2 heterocycles. The lowest BCUT2D eigenvalue weighted by atomic mass is 9.91. The lowest BCUT2D eigenvalue weighted by molar-refractivity contribution is 0.0920. The zero-order valence-corrected chi connectivity index (χ0v) is 14.8. The van der Waals surface area contributed by atoms with Gasteiger partial charge in [-0.05, 0) is 38.7 Å². The maximum Gasteiger partial charge on any atom is 0.273 e. The predicted octanol–water partition coefficient (Wildman–Crippen LogP) is 3.20. The van der Waals surface area contributed by atoms with Crippen LogP contribution in [0.1, 0.15) is 47.5 Å². The van der Waals surface area contributed by atoms with Crippen LogP contribution in [0.5, 0.6) is 0 Å². The first-order valence-corrected chi connectivity index (χ1v) is 8.59. The van der Waals surface area contributed by atoms with Gasteiger partial charge in [0.15, 0.2) is 23.7 Å². The number of oxazole rings is 1. The molecule has 1 aliphatic carbocycles. The highest BCUT2D eigenvalue weighted by atomic mass is 35.5. The Labute approximate surface area is 154 Å². The van der Waals surface area contributed by atoms with Crippen molar-refractivity contribution >= 4 is 23.3 Å². The molecule has 0 saturated heterocycles. The number of hydrogen-bond donors (Lipinski definition) is 2. The number of halogens is 2. The van der Waals surface area contributed by atoms with Crippen molar-refractivity contribution in [2.75, 3.05) is 5.32 Å². The minimum absolute atomic E-state index is 0.00789. The van der Waals surface area contributed by atoms with Gasteiger partial charge in [0.25, 0.3) is 5.91 Å². The van der Waals surface area contributed by atoms with Crippen LogP contribution in [0.15, 0.2) is 16.9 Å². The number of amides is 1. The van der Waals surface area contributed by atoms with Crippen LogP contribution in [-0.2, 0) is 0 Å². The first-order chi connectivity index (χ1) is 12.5. The van der Waals surface area contributed by atoms with E-state index in [1.165, 1.54) is 6.39 Å². The molecule has 1 aliphatic rings. The number of hydrogen-bond acceptors (Lipinski definition) is 6. The number of nitrogens with one attached hydrogen (secondary N) is 2. The van der Waals surface area contributed by atoms with E-state index in [1.54, 1.807) is 13.0 Å². The first kappa shape index (κ1) is 18.1. The Kier molecular flexibility index (Phi) is 5.38. The average molecular weight is 378 g/mol. The van der Waals surface area contributed by atoms with Crippen LogP contribution in [0, 0.1) is 24.1 Å². The van der Waals surface area contributed by atoms with E-state index in [0.717, 1.165) is 25.3 Å². The van der Waals surface area contributed by atoms with Crippen LogP contribution in [0.3, 0.4) is 0 Å². The first-order valence-electron chi connectivity index (χ1n) is 8.21. The van der Waals surface area contributed by atoms with Gasteiger partial charge in [0.05, 0.1) is 5.56 Å². The maximum absolute atomic E-state index is 14.1. The molecule has 2 aromatic heterocycles. The molecule has 3 rings (SSSR count). The molecule has 7 nitrogen and oxygen atoms in total. The summed E-state index contributed by atoms with van der Waals surface area (Å²) < 4.78 is 19.1. The van der Waals surface area contributed by atoms with Crippen molar-refractivity contribution in [3.8, 4) is 6.07 Å². The molecule has 0 radical (unpaired) electrons. The molecule has 1 amide bonds. The summed E-state index contributed by atoms with van der Waals surface area (Å²) in [5.41, 5.74) is 0.262. The van der Waals surface area contributed by atoms with E-state index >= 15 is 0 Å². The van der Waals surface area contributed by atoms with Gasteiger partial charge in [0, 0.05) is 12.1 Å². The maximum atomic E-state index is 14.1. The molecule has 2 aromatic rings. The highest BCUT2D eigenvalue weighted by Crippen LogP contribution is 2.25. The van der Waals surface area contributed by atoms with Gasteiger partial charge < -0.3 is 15.1 Å². The van der Waals surface area contributed by atoms with Crippen molar-refractivity contribution in [2.24, 2.45) is 0 Å². The van der Waals surface area contributed by atoms with Crippen molar-refractivity contribution < 1.29 is 13.6 Å². The quantitative estimate of drug-likeness (QED) is 0.793. The van der Waals surface area contributed by atoms with Gasteiger partial charge in [0.2, 0.25) is 0 Å². The molecule has 1 fully saturated rings. The number of anilines is 1. The molecule has 136 valence electrons. The Balaban J connectivity index is 1.64. The Morgan fingerprint density at radius 2 is 2.23 bits per heavy atom. The third-order valence-corrected chi connectivity index (χ3v) is 4.65. The van der Waals surface area contributed by atoms with Gasteiger partial charge in [-0.25, -0.2) is 14.4 Å². The predicted molar refractivity (Wildman–Crippen MR) is 92.3 cm³/mol. The monoisotopic (exact) mass is 377 g/mol. The van der Waals surface area contributed by atoms with E-state index in [9.17, 15) is 9.18 Å². The summed E-state index contributed by atoms with van der Waals surface area (Å²) in [5, 5.41) is 14.8. The molecule has 9 heteroatoms. The Bertz CT molecular complexity index is 863. The van der Waals surface area contributed by atoms with Crippen molar-refractivity contribution in [1.29, 1.82) is 5.26 Å². The minimum atomic E-state index is -0.629. The van der Waals surface area contributed by atoms with E-state index in [1.807, 2.05) is 0 Å². The van der Waals surface area contributed by atoms with Gasteiger partial charge in [-0.2, -0.15) is 5.26 Å². The van der Waals surface area contributed by atoms with E-state index in [4.69, 9.17) is 21.3 Å². The fraction of sp³-hybridized carbons (Fsp3) is 0.412. The smallest absolute Gasteiger partial charge is 0.273 e. The summed E-state index contributed by atoms with van der Waals surface area (Å²) in [6, 6.07) is 2.71. The molecule has 0 aromatic carbocycles. The molecule has 26 heavy (non-hydrogen) atoms. The highest BCUT2D eigenvalue weighted by molar-refractivity contribution is 6.30. The largest absolute Gasteiger partial charge is 0.448 e. The summed E-state index contributed by atoms with van der Waals surface area (Å²) in [6.45, 7) is 1.68. The second-order valence-corrected chi connectivity index (χ2v) is 6.56. The zero-order chi connectivity index (χ0) is 18.7. The number of aromatic nitrogens is 2. The fourth-order valence-corrected chi connectivity index (χ4v) is 3.25. The summed E-state index contributed by atoms with van der Waals surface area (Å²) in [4.78, 5) is 20.1. The van der Waals surface area contributed by atoms with Crippen molar-refractivity contribution in [1.82, 2.24) is 15.3 Å². The summed E-state index contributed by atoms with van der Waals surface area (Å²) in [7, 11) is 0. The topological polar surface area (TPSA) is 104 Å². The number of rotatable bonds is 4. The van der Waals surface area contributed by atoms with Crippen molar-refractivity contribution in [3.05, 3.63) is 40.4 Å².